The summed E-state index contributed by atoms with van der Waals surface area (Å²) in [4.78, 5) is 14.2. The summed E-state index contributed by atoms with van der Waals surface area (Å²) in [6.07, 6.45) is 4.04. The summed E-state index contributed by atoms with van der Waals surface area (Å²) < 4.78 is 5.10. The lowest BCUT2D eigenvalue weighted by Gasteiger charge is -2.42. The summed E-state index contributed by atoms with van der Waals surface area (Å²) in [6, 6.07) is 0.0836. The van der Waals surface area contributed by atoms with Gasteiger partial charge in [-0.1, -0.05) is 39.7 Å². The summed E-state index contributed by atoms with van der Waals surface area (Å²) in [7, 11) is 0. The second-order valence-corrected chi connectivity index (χ2v) is 6.58. The van der Waals surface area contributed by atoms with E-state index in [0.717, 1.165) is 32.4 Å². The van der Waals surface area contributed by atoms with E-state index in [9.17, 15) is 4.79 Å². The Labute approximate surface area is 141 Å². The molecule has 1 amide bonds. The van der Waals surface area contributed by atoms with Crippen molar-refractivity contribution in [2.24, 2.45) is 11.3 Å². The van der Waals surface area contributed by atoms with Crippen molar-refractivity contribution in [2.45, 2.75) is 66.7 Å². The number of nitrogens with zero attached hydrogens (tertiary/aromatic N) is 3. The molecule has 23 heavy (non-hydrogen) atoms. The fraction of sp³-hybridized carbons (Fsp3) is 0.824. The first-order valence-corrected chi connectivity index (χ1v) is 8.76. The zero-order valence-corrected chi connectivity index (χ0v) is 15.3. The van der Waals surface area contributed by atoms with E-state index in [2.05, 4.69) is 31.0 Å². The van der Waals surface area contributed by atoms with Crippen molar-refractivity contribution >= 4 is 11.9 Å². The lowest BCUT2D eigenvalue weighted by atomic mass is 9.72. The number of hydrogen-bond donors (Lipinski definition) is 1. The zero-order valence-electron chi connectivity index (χ0n) is 15.3. The third-order valence-electron chi connectivity index (χ3n) is 4.92. The molecule has 0 spiro atoms. The number of likely N-dealkylation sites (tertiary alicyclic amines) is 1. The molecule has 1 aromatic heterocycles. The molecule has 0 saturated carbocycles. The van der Waals surface area contributed by atoms with Gasteiger partial charge in [-0.05, 0) is 30.6 Å². The maximum absolute atomic E-state index is 12.2. The minimum absolute atomic E-state index is 0. The second kappa shape index (κ2) is 8.89. The largest absolute Gasteiger partial charge is 0.408 e. The molecule has 1 aliphatic rings. The Bertz CT molecular complexity index is 483. The number of carbonyl (C=O) groups is 1. The van der Waals surface area contributed by atoms with Gasteiger partial charge in [-0.3, -0.25) is 4.79 Å². The van der Waals surface area contributed by atoms with Gasteiger partial charge in [0.15, 0.2) is 0 Å². The molecular formula is C17H34N4O2. The van der Waals surface area contributed by atoms with E-state index in [1.807, 2.05) is 18.7 Å². The van der Waals surface area contributed by atoms with Gasteiger partial charge in [0.2, 0.25) is 11.8 Å². The maximum atomic E-state index is 12.2. The fourth-order valence-electron chi connectivity index (χ4n) is 2.76. The minimum atomic E-state index is 0. The average Bonchev–Trinajstić information content (AvgIpc) is 2.95. The van der Waals surface area contributed by atoms with Crippen molar-refractivity contribution < 1.29 is 10.6 Å². The number of piperidine rings is 1. The smallest absolute Gasteiger partial charge is 0.312 e. The lowest BCUT2D eigenvalue weighted by molar-refractivity contribution is -0.133. The van der Waals surface area contributed by atoms with Crippen LogP contribution in [0.4, 0.5) is 6.01 Å². The molecular weight excluding hydrogens is 292 g/mol. The van der Waals surface area contributed by atoms with Crippen LogP contribution in [0.2, 0.25) is 0 Å². The molecule has 0 unspecified atom stereocenters. The van der Waals surface area contributed by atoms with Gasteiger partial charge in [-0.2, -0.15) is 0 Å². The first kappa shape index (κ1) is 19.5. The molecule has 0 aromatic carbocycles. The molecule has 1 aromatic rings. The third-order valence-corrected chi connectivity index (χ3v) is 4.92. The SMILES string of the molecule is CC.CC(C)C1(C)CCN(C(=O)CCCc2nnc(N)o2)CC1.[HH]. The lowest BCUT2D eigenvalue weighted by Crippen LogP contribution is -2.43. The standard InChI is InChI=1S/C15H26N4O2.C2H6.H2/c1-11(2)15(3)7-9-19(10-8-15)13(20)6-4-5-12-17-18-14(16)21-12;1-2;/h11H,4-10H2,1-3H3,(H2,16,18);1-2H3;1H. The van der Waals surface area contributed by atoms with Crippen LogP contribution < -0.4 is 5.73 Å². The predicted molar refractivity (Wildman–Crippen MR) is 93.9 cm³/mol. The molecule has 1 fully saturated rings. The van der Waals surface area contributed by atoms with Gasteiger partial charge in [0.1, 0.15) is 0 Å². The van der Waals surface area contributed by atoms with Crippen LogP contribution in [0, 0.1) is 11.3 Å². The van der Waals surface area contributed by atoms with Crippen LogP contribution in [-0.4, -0.2) is 34.1 Å². The van der Waals surface area contributed by atoms with Gasteiger partial charge in [0, 0.05) is 27.4 Å². The molecule has 1 aliphatic heterocycles. The highest BCUT2D eigenvalue weighted by Gasteiger charge is 2.33. The number of anilines is 1. The van der Waals surface area contributed by atoms with Crippen LogP contribution in [0.15, 0.2) is 4.42 Å². The summed E-state index contributed by atoms with van der Waals surface area (Å²) in [5, 5.41) is 7.40. The molecule has 2 rings (SSSR count). The van der Waals surface area contributed by atoms with Crippen molar-refractivity contribution in [1.29, 1.82) is 0 Å². The molecule has 0 radical (unpaired) electrons. The van der Waals surface area contributed by atoms with E-state index >= 15 is 0 Å². The van der Waals surface area contributed by atoms with Gasteiger partial charge < -0.3 is 15.1 Å². The molecule has 2 heterocycles. The van der Waals surface area contributed by atoms with Crippen LogP contribution in [-0.2, 0) is 11.2 Å². The Hall–Kier alpha value is -1.59. The molecule has 1 saturated heterocycles. The number of rotatable bonds is 5. The summed E-state index contributed by atoms with van der Waals surface area (Å²) >= 11 is 0. The Balaban J connectivity index is 0.00000170. The normalized spacial score (nSPS) is 16.9. The van der Waals surface area contributed by atoms with Crippen LogP contribution in [0.25, 0.3) is 0 Å². The monoisotopic (exact) mass is 326 g/mol. The van der Waals surface area contributed by atoms with Crippen molar-refractivity contribution in [3.8, 4) is 0 Å². The first-order valence-electron chi connectivity index (χ1n) is 8.76. The molecule has 6 heteroatoms. The number of aryl methyl sites for hydroxylation is 1. The topological polar surface area (TPSA) is 85.2 Å². The molecule has 0 atom stereocenters. The third kappa shape index (κ3) is 5.52. The second-order valence-electron chi connectivity index (χ2n) is 6.58. The van der Waals surface area contributed by atoms with Crippen LogP contribution >= 0.6 is 0 Å². The molecule has 134 valence electrons. The number of amides is 1. The first-order chi connectivity index (χ1) is 10.9. The number of nitrogens with two attached hydrogens (primary N) is 1. The van der Waals surface area contributed by atoms with E-state index in [0.29, 0.717) is 30.1 Å². The number of aromatic nitrogens is 2. The van der Waals surface area contributed by atoms with Gasteiger partial charge in [-0.25, -0.2) is 0 Å². The highest BCUT2D eigenvalue weighted by Crippen LogP contribution is 2.38. The van der Waals surface area contributed by atoms with Gasteiger partial charge in [0.25, 0.3) is 0 Å². The minimum Gasteiger partial charge on any atom is -0.408 e. The molecule has 0 aliphatic carbocycles. The van der Waals surface area contributed by atoms with E-state index in [4.69, 9.17) is 10.2 Å². The number of hydrogen-bond acceptors (Lipinski definition) is 5. The Kier molecular flexibility index (Phi) is 7.52. The van der Waals surface area contributed by atoms with Gasteiger partial charge in [0.05, 0.1) is 0 Å². The van der Waals surface area contributed by atoms with Gasteiger partial charge >= 0.3 is 6.01 Å². The van der Waals surface area contributed by atoms with E-state index in [1.165, 1.54) is 0 Å². The van der Waals surface area contributed by atoms with Gasteiger partial charge in [-0.15, -0.1) is 5.10 Å². The van der Waals surface area contributed by atoms with Crippen molar-refractivity contribution in [2.75, 3.05) is 18.8 Å². The Morgan fingerprint density at radius 1 is 1.35 bits per heavy atom. The quantitative estimate of drug-likeness (QED) is 0.894. The predicted octanol–water partition coefficient (Wildman–Crippen LogP) is 3.53. The van der Waals surface area contributed by atoms with Crippen molar-refractivity contribution in [3.05, 3.63) is 5.89 Å². The summed E-state index contributed by atoms with van der Waals surface area (Å²) in [5.41, 5.74) is 5.73. The maximum Gasteiger partial charge on any atom is 0.312 e. The van der Waals surface area contributed by atoms with E-state index in [1.54, 1.807) is 0 Å². The average molecular weight is 326 g/mol. The molecule has 2 N–H and O–H groups in total. The van der Waals surface area contributed by atoms with E-state index < -0.39 is 0 Å². The Morgan fingerprint density at radius 3 is 2.43 bits per heavy atom. The highest BCUT2D eigenvalue weighted by molar-refractivity contribution is 5.76. The van der Waals surface area contributed by atoms with Crippen LogP contribution in [0.3, 0.4) is 0 Å². The van der Waals surface area contributed by atoms with Crippen molar-refractivity contribution in [3.63, 3.8) is 0 Å². The fourth-order valence-corrected chi connectivity index (χ4v) is 2.76. The van der Waals surface area contributed by atoms with Crippen LogP contribution in [0.5, 0.6) is 0 Å². The Morgan fingerprint density at radius 2 is 1.96 bits per heavy atom. The number of nitrogen functional groups attached to an aromatic ring is 1. The zero-order chi connectivity index (χ0) is 17.5. The van der Waals surface area contributed by atoms with Crippen molar-refractivity contribution in [1.82, 2.24) is 15.1 Å². The molecule has 0 bridgehead atoms. The summed E-state index contributed by atoms with van der Waals surface area (Å²) in [5.74, 6) is 1.40. The molecule has 6 nitrogen and oxygen atoms in total. The summed E-state index contributed by atoms with van der Waals surface area (Å²) in [6.45, 7) is 12.6. The van der Waals surface area contributed by atoms with E-state index in [-0.39, 0.29) is 13.3 Å². The highest BCUT2D eigenvalue weighted by atomic mass is 16.4. The van der Waals surface area contributed by atoms with Crippen LogP contribution in [0.1, 0.15) is 67.6 Å². The number of carbonyl (C=O) groups excluding carboxylic acids is 1.